The maximum atomic E-state index is 12.4. The Kier molecular flexibility index (Phi) is 3.23. The summed E-state index contributed by atoms with van der Waals surface area (Å²) in [6.45, 7) is 0. The van der Waals surface area contributed by atoms with E-state index in [-0.39, 0.29) is 10.7 Å². The van der Waals surface area contributed by atoms with Crippen molar-refractivity contribution in [1.82, 2.24) is 9.78 Å². The number of alkyl halides is 3. The summed E-state index contributed by atoms with van der Waals surface area (Å²) in [5.74, 6) is 0. The molecule has 0 aliphatic heterocycles. The number of halogens is 4. The zero-order valence-electron chi connectivity index (χ0n) is 7.84. The fourth-order valence-electron chi connectivity index (χ4n) is 0.949. The van der Waals surface area contributed by atoms with Gasteiger partial charge in [0.25, 0.3) is 0 Å². The van der Waals surface area contributed by atoms with E-state index in [2.05, 4.69) is 15.1 Å². The van der Waals surface area contributed by atoms with Crippen molar-refractivity contribution < 1.29 is 18.0 Å². The zero-order chi connectivity index (χ0) is 11.6. The van der Waals surface area contributed by atoms with Crippen LogP contribution in [0.4, 0.5) is 13.2 Å². The van der Waals surface area contributed by atoms with Crippen LogP contribution in [0.3, 0.4) is 0 Å². The number of oxime groups is 1. The van der Waals surface area contributed by atoms with Crippen LogP contribution in [0.5, 0.6) is 0 Å². The van der Waals surface area contributed by atoms with Crippen LogP contribution in [0.2, 0.25) is 5.15 Å². The van der Waals surface area contributed by atoms with Crippen LogP contribution in [0.1, 0.15) is 11.3 Å². The van der Waals surface area contributed by atoms with E-state index in [1.165, 1.54) is 14.2 Å². The summed E-state index contributed by atoms with van der Waals surface area (Å²) in [4.78, 5) is 4.28. The van der Waals surface area contributed by atoms with Gasteiger partial charge in [0.05, 0.1) is 11.8 Å². The lowest BCUT2D eigenvalue weighted by molar-refractivity contribution is -0.141. The maximum Gasteiger partial charge on any atom is 0.435 e. The van der Waals surface area contributed by atoms with Gasteiger partial charge in [-0.2, -0.15) is 18.3 Å². The predicted molar refractivity (Wildman–Crippen MR) is 47.8 cm³/mol. The van der Waals surface area contributed by atoms with E-state index >= 15 is 0 Å². The summed E-state index contributed by atoms with van der Waals surface area (Å²) < 4.78 is 38.2. The van der Waals surface area contributed by atoms with Gasteiger partial charge in [0.2, 0.25) is 0 Å². The molecular formula is C7H7ClF3N3O. The number of hydrogen-bond acceptors (Lipinski definition) is 3. The van der Waals surface area contributed by atoms with E-state index in [1.807, 2.05) is 0 Å². The second-order valence-electron chi connectivity index (χ2n) is 2.59. The smallest absolute Gasteiger partial charge is 0.399 e. The first-order chi connectivity index (χ1) is 6.88. The second-order valence-corrected chi connectivity index (χ2v) is 2.95. The van der Waals surface area contributed by atoms with Crippen LogP contribution in [0, 0.1) is 0 Å². The van der Waals surface area contributed by atoms with Gasteiger partial charge in [0, 0.05) is 7.05 Å². The molecule has 0 saturated carbocycles. The topological polar surface area (TPSA) is 39.4 Å². The summed E-state index contributed by atoms with van der Waals surface area (Å²) in [6, 6.07) is 0. The highest BCUT2D eigenvalue weighted by atomic mass is 35.5. The normalized spacial score (nSPS) is 12.4. The third-order valence-corrected chi connectivity index (χ3v) is 2.02. The molecule has 0 atom stereocenters. The predicted octanol–water partition coefficient (Wildman–Crippen LogP) is 2.07. The SMILES string of the molecule is CO/N=C\c1c(C(F)(F)F)nn(C)c1Cl. The van der Waals surface area contributed by atoms with Gasteiger partial charge in [0.15, 0.2) is 5.69 Å². The van der Waals surface area contributed by atoms with Crippen molar-refractivity contribution in [2.75, 3.05) is 7.11 Å². The quantitative estimate of drug-likeness (QED) is 0.587. The van der Waals surface area contributed by atoms with Crippen molar-refractivity contribution in [3.05, 3.63) is 16.4 Å². The lowest BCUT2D eigenvalue weighted by atomic mass is 10.2. The molecule has 84 valence electrons. The fraction of sp³-hybridized carbons (Fsp3) is 0.429. The van der Waals surface area contributed by atoms with E-state index in [0.29, 0.717) is 0 Å². The summed E-state index contributed by atoms with van der Waals surface area (Å²) in [5, 5.41) is 6.32. The Morgan fingerprint density at radius 2 is 2.13 bits per heavy atom. The molecule has 1 rings (SSSR count). The number of aryl methyl sites for hydroxylation is 1. The molecule has 1 aromatic heterocycles. The Labute approximate surface area is 88.3 Å². The molecule has 0 radical (unpaired) electrons. The highest BCUT2D eigenvalue weighted by Crippen LogP contribution is 2.33. The average Bonchev–Trinajstić information content (AvgIpc) is 2.40. The van der Waals surface area contributed by atoms with E-state index in [1.54, 1.807) is 0 Å². The lowest BCUT2D eigenvalue weighted by Crippen LogP contribution is -2.09. The summed E-state index contributed by atoms with van der Waals surface area (Å²) >= 11 is 5.61. The van der Waals surface area contributed by atoms with E-state index in [4.69, 9.17) is 11.6 Å². The van der Waals surface area contributed by atoms with Gasteiger partial charge < -0.3 is 4.84 Å². The maximum absolute atomic E-state index is 12.4. The van der Waals surface area contributed by atoms with Crippen LogP contribution in [0.15, 0.2) is 5.16 Å². The molecule has 0 spiro atoms. The van der Waals surface area contributed by atoms with Crippen molar-refractivity contribution in [1.29, 1.82) is 0 Å². The van der Waals surface area contributed by atoms with Crippen LogP contribution in [0.25, 0.3) is 0 Å². The van der Waals surface area contributed by atoms with Crippen molar-refractivity contribution in [3.63, 3.8) is 0 Å². The molecule has 1 heterocycles. The van der Waals surface area contributed by atoms with Gasteiger partial charge in [-0.3, -0.25) is 4.68 Å². The molecule has 1 aromatic rings. The standard InChI is InChI=1S/C7H7ClF3N3O/c1-14-6(8)4(3-12-15-2)5(13-14)7(9,10)11/h3H,1-2H3/b12-3-. The highest BCUT2D eigenvalue weighted by molar-refractivity contribution is 6.32. The molecule has 0 unspecified atom stereocenters. The monoisotopic (exact) mass is 241 g/mol. The van der Waals surface area contributed by atoms with Gasteiger partial charge in [0.1, 0.15) is 12.3 Å². The Bertz CT molecular complexity index is 386. The first-order valence-corrected chi connectivity index (χ1v) is 4.12. The zero-order valence-corrected chi connectivity index (χ0v) is 8.60. The average molecular weight is 242 g/mol. The number of aromatic nitrogens is 2. The van der Waals surface area contributed by atoms with Crippen LogP contribution >= 0.6 is 11.6 Å². The number of hydrogen-bond donors (Lipinski definition) is 0. The molecule has 0 bridgehead atoms. The molecule has 15 heavy (non-hydrogen) atoms. The Morgan fingerprint density at radius 3 is 2.60 bits per heavy atom. The van der Waals surface area contributed by atoms with Crippen LogP contribution in [-0.4, -0.2) is 23.1 Å². The summed E-state index contributed by atoms with van der Waals surface area (Å²) in [7, 11) is 2.52. The first-order valence-electron chi connectivity index (χ1n) is 3.74. The molecule has 0 N–H and O–H groups in total. The molecule has 0 saturated heterocycles. The van der Waals surface area contributed by atoms with Crippen molar-refractivity contribution in [2.45, 2.75) is 6.18 Å². The Balaban J connectivity index is 3.27. The molecular weight excluding hydrogens is 235 g/mol. The molecule has 0 aromatic carbocycles. The van der Waals surface area contributed by atoms with E-state index < -0.39 is 11.9 Å². The molecule has 4 nitrogen and oxygen atoms in total. The minimum Gasteiger partial charge on any atom is -0.399 e. The summed E-state index contributed by atoms with van der Waals surface area (Å²) in [6.07, 6.45) is -3.70. The fourth-order valence-corrected chi connectivity index (χ4v) is 1.13. The third kappa shape index (κ3) is 2.41. The van der Waals surface area contributed by atoms with Crippen LogP contribution in [-0.2, 0) is 18.1 Å². The second kappa shape index (κ2) is 4.09. The number of nitrogens with zero attached hydrogens (tertiary/aromatic N) is 3. The van der Waals surface area contributed by atoms with E-state index in [9.17, 15) is 13.2 Å². The van der Waals surface area contributed by atoms with Gasteiger partial charge in [-0.05, 0) is 0 Å². The molecule has 0 amide bonds. The van der Waals surface area contributed by atoms with Gasteiger partial charge in [-0.25, -0.2) is 0 Å². The highest BCUT2D eigenvalue weighted by Gasteiger charge is 2.38. The minimum atomic E-state index is -4.57. The minimum absolute atomic E-state index is 0.150. The van der Waals surface area contributed by atoms with E-state index in [0.717, 1.165) is 10.9 Å². The van der Waals surface area contributed by atoms with Gasteiger partial charge in [-0.15, -0.1) is 0 Å². The van der Waals surface area contributed by atoms with Crippen molar-refractivity contribution in [2.24, 2.45) is 12.2 Å². The van der Waals surface area contributed by atoms with Gasteiger partial charge in [-0.1, -0.05) is 16.8 Å². The largest absolute Gasteiger partial charge is 0.435 e. The molecule has 0 aliphatic rings. The number of rotatable bonds is 2. The van der Waals surface area contributed by atoms with Crippen molar-refractivity contribution >= 4 is 17.8 Å². The Morgan fingerprint density at radius 1 is 1.53 bits per heavy atom. The molecule has 0 fully saturated rings. The first kappa shape index (κ1) is 11.8. The van der Waals surface area contributed by atoms with Crippen molar-refractivity contribution in [3.8, 4) is 0 Å². The summed E-state index contributed by atoms with van der Waals surface area (Å²) in [5.41, 5.74) is -1.40. The Hall–Kier alpha value is -1.24. The van der Waals surface area contributed by atoms with Gasteiger partial charge >= 0.3 is 6.18 Å². The van der Waals surface area contributed by atoms with Crippen LogP contribution < -0.4 is 0 Å². The third-order valence-electron chi connectivity index (χ3n) is 1.57. The molecule has 0 aliphatic carbocycles. The lowest BCUT2D eigenvalue weighted by Gasteiger charge is -2.02. The molecule has 8 heteroatoms.